The van der Waals surface area contributed by atoms with Gasteiger partial charge in [-0.1, -0.05) is 18.2 Å². The highest BCUT2D eigenvalue weighted by Crippen LogP contribution is 2.12. The lowest BCUT2D eigenvalue weighted by molar-refractivity contribution is -0.122. The maximum absolute atomic E-state index is 11.0. The predicted octanol–water partition coefficient (Wildman–Crippen LogP) is 0.496. The number of para-hydroxylation sites is 1. The van der Waals surface area contributed by atoms with Gasteiger partial charge in [0.2, 0.25) is 6.23 Å². The van der Waals surface area contributed by atoms with Crippen molar-refractivity contribution in [1.82, 2.24) is 10.2 Å². The van der Waals surface area contributed by atoms with E-state index >= 15 is 0 Å². The van der Waals surface area contributed by atoms with E-state index in [1.54, 1.807) is 0 Å². The van der Waals surface area contributed by atoms with Crippen LogP contribution >= 0.6 is 0 Å². The number of carbonyl (C=O) groups is 1. The summed E-state index contributed by atoms with van der Waals surface area (Å²) in [5.74, 6) is 0.734. The summed E-state index contributed by atoms with van der Waals surface area (Å²) in [5.41, 5.74) is 0. The molecule has 1 aliphatic rings. The topological polar surface area (TPSA) is 41.6 Å². The first kappa shape index (κ1) is 11.1. The van der Waals surface area contributed by atoms with Crippen LogP contribution in [0.4, 0.5) is 0 Å². The first-order valence-corrected chi connectivity index (χ1v) is 5.52. The second kappa shape index (κ2) is 5.63. The monoisotopic (exact) mass is 220 g/mol. The van der Waals surface area contributed by atoms with Crippen LogP contribution in [0, 0.1) is 0 Å². The van der Waals surface area contributed by atoms with Crippen LogP contribution in [0.1, 0.15) is 0 Å². The molecular weight excluding hydrogens is 204 g/mol. The summed E-state index contributed by atoms with van der Waals surface area (Å²) in [6, 6.07) is 9.44. The summed E-state index contributed by atoms with van der Waals surface area (Å²) >= 11 is 0. The lowest BCUT2D eigenvalue weighted by Gasteiger charge is -2.31. The van der Waals surface area contributed by atoms with Crippen LogP contribution in [0.3, 0.4) is 0 Å². The summed E-state index contributed by atoms with van der Waals surface area (Å²) in [4.78, 5) is 13.1. The van der Waals surface area contributed by atoms with Crippen molar-refractivity contribution in [3.63, 3.8) is 0 Å². The highest BCUT2D eigenvalue weighted by atomic mass is 16.5. The van der Waals surface area contributed by atoms with Crippen LogP contribution in [-0.4, -0.2) is 43.6 Å². The molecule has 1 heterocycles. The SMILES string of the molecule is O=CC(Oc1ccccc1)N1CCNCC1. The van der Waals surface area contributed by atoms with E-state index in [0.29, 0.717) is 0 Å². The van der Waals surface area contributed by atoms with E-state index in [0.717, 1.165) is 38.2 Å². The minimum absolute atomic E-state index is 0.468. The van der Waals surface area contributed by atoms with Gasteiger partial charge in [-0.05, 0) is 12.1 Å². The Labute approximate surface area is 95.2 Å². The summed E-state index contributed by atoms with van der Waals surface area (Å²) in [5, 5.41) is 3.24. The maximum atomic E-state index is 11.0. The lowest BCUT2D eigenvalue weighted by atomic mass is 10.3. The molecule has 0 saturated carbocycles. The first-order valence-electron chi connectivity index (χ1n) is 5.52. The van der Waals surface area contributed by atoms with Gasteiger partial charge in [-0.2, -0.15) is 0 Å². The minimum atomic E-state index is -0.468. The molecular formula is C12H16N2O2. The zero-order valence-corrected chi connectivity index (χ0v) is 9.13. The van der Waals surface area contributed by atoms with Gasteiger partial charge in [0.15, 0.2) is 6.29 Å². The fourth-order valence-electron chi connectivity index (χ4n) is 1.76. The predicted molar refractivity (Wildman–Crippen MR) is 61.4 cm³/mol. The summed E-state index contributed by atoms with van der Waals surface area (Å²) < 4.78 is 5.63. The molecule has 86 valence electrons. The molecule has 1 fully saturated rings. The number of aldehydes is 1. The standard InChI is InChI=1S/C12H16N2O2/c15-10-12(14-8-6-13-7-9-14)16-11-4-2-1-3-5-11/h1-5,10,12-13H,6-9H2. The highest BCUT2D eigenvalue weighted by molar-refractivity contribution is 5.56. The van der Waals surface area contributed by atoms with Crippen LogP contribution in [-0.2, 0) is 4.79 Å². The van der Waals surface area contributed by atoms with Crippen LogP contribution in [0.25, 0.3) is 0 Å². The number of carbonyl (C=O) groups excluding carboxylic acids is 1. The summed E-state index contributed by atoms with van der Waals surface area (Å²) in [7, 11) is 0. The number of nitrogens with zero attached hydrogens (tertiary/aromatic N) is 1. The molecule has 1 atom stereocenters. The third-order valence-corrected chi connectivity index (χ3v) is 2.63. The third-order valence-electron chi connectivity index (χ3n) is 2.63. The Hall–Kier alpha value is -1.39. The number of hydrogen-bond donors (Lipinski definition) is 1. The molecule has 2 rings (SSSR count). The van der Waals surface area contributed by atoms with Gasteiger partial charge in [0.05, 0.1) is 0 Å². The Morgan fingerprint density at radius 1 is 1.25 bits per heavy atom. The van der Waals surface area contributed by atoms with E-state index in [-0.39, 0.29) is 0 Å². The van der Waals surface area contributed by atoms with E-state index in [2.05, 4.69) is 5.32 Å². The Morgan fingerprint density at radius 2 is 1.94 bits per heavy atom. The van der Waals surface area contributed by atoms with Crippen molar-refractivity contribution >= 4 is 6.29 Å². The molecule has 0 spiro atoms. The van der Waals surface area contributed by atoms with Gasteiger partial charge in [0, 0.05) is 26.2 Å². The van der Waals surface area contributed by atoms with Gasteiger partial charge < -0.3 is 10.1 Å². The van der Waals surface area contributed by atoms with E-state index in [4.69, 9.17) is 4.74 Å². The molecule has 16 heavy (non-hydrogen) atoms. The van der Waals surface area contributed by atoms with Crippen LogP contribution in [0.5, 0.6) is 5.75 Å². The van der Waals surface area contributed by atoms with E-state index in [9.17, 15) is 4.79 Å². The number of piperazine rings is 1. The number of rotatable bonds is 4. The number of hydrogen-bond acceptors (Lipinski definition) is 4. The van der Waals surface area contributed by atoms with Crippen molar-refractivity contribution in [1.29, 1.82) is 0 Å². The molecule has 1 aromatic carbocycles. The molecule has 0 bridgehead atoms. The quantitative estimate of drug-likeness (QED) is 0.750. The Bertz CT molecular complexity index is 323. The van der Waals surface area contributed by atoms with Crippen molar-refractivity contribution in [2.24, 2.45) is 0 Å². The van der Waals surface area contributed by atoms with Crippen LogP contribution < -0.4 is 10.1 Å². The van der Waals surface area contributed by atoms with Crippen LogP contribution in [0.2, 0.25) is 0 Å². The molecule has 4 heteroatoms. The maximum Gasteiger partial charge on any atom is 0.209 e. The highest BCUT2D eigenvalue weighted by Gasteiger charge is 2.20. The molecule has 0 aliphatic carbocycles. The normalized spacial score (nSPS) is 19.0. The van der Waals surface area contributed by atoms with Gasteiger partial charge in [0.1, 0.15) is 5.75 Å². The van der Waals surface area contributed by atoms with Crippen molar-refractivity contribution in [2.45, 2.75) is 6.23 Å². The molecule has 0 amide bonds. The molecule has 4 nitrogen and oxygen atoms in total. The molecule has 1 N–H and O–H groups in total. The molecule has 1 aromatic rings. The fourth-order valence-corrected chi connectivity index (χ4v) is 1.76. The second-order valence-electron chi connectivity index (χ2n) is 3.74. The first-order chi connectivity index (χ1) is 7.90. The molecule has 1 unspecified atom stereocenters. The molecule has 1 aliphatic heterocycles. The van der Waals surface area contributed by atoms with Crippen molar-refractivity contribution in [2.75, 3.05) is 26.2 Å². The smallest absolute Gasteiger partial charge is 0.209 e. The van der Waals surface area contributed by atoms with Gasteiger partial charge in [-0.15, -0.1) is 0 Å². The zero-order valence-electron chi connectivity index (χ0n) is 9.13. The Kier molecular flexibility index (Phi) is 3.91. The van der Waals surface area contributed by atoms with E-state index < -0.39 is 6.23 Å². The van der Waals surface area contributed by atoms with Gasteiger partial charge in [-0.25, -0.2) is 0 Å². The van der Waals surface area contributed by atoms with Crippen molar-refractivity contribution in [3.05, 3.63) is 30.3 Å². The zero-order chi connectivity index (χ0) is 11.2. The molecule has 0 aromatic heterocycles. The summed E-state index contributed by atoms with van der Waals surface area (Å²) in [6.07, 6.45) is 0.391. The van der Waals surface area contributed by atoms with E-state index in [1.165, 1.54) is 0 Å². The van der Waals surface area contributed by atoms with Gasteiger partial charge in [0.25, 0.3) is 0 Å². The summed E-state index contributed by atoms with van der Waals surface area (Å²) in [6.45, 7) is 3.50. The van der Waals surface area contributed by atoms with Crippen molar-refractivity contribution < 1.29 is 9.53 Å². The Morgan fingerprint density at radius 3 is 2.56 bits per heavy atom. The molecule has 1 saturated heterocycles. The fraction of sp³-hybridized carbons (Fsp3) is 0.417. The number of nitrogens with one attached hydrogen (secondary N) is 1. The van der Waals surface area contributed by atoms with Gasteiger partial charge in [-0.3, -0.25) is 9.69 Å². The Balaban J connectivity index is 1.97. The lowest BCUT2D eigenvalue weighted by Crippen LogP contribution is -2.51. The largest absolute Gasteiger partial charge is 0.468 e. The molecule has 0 radical (unpaired) electrons. The second-order valence-corrected chi connectivity index (χ2v) is 3.74. The van der Waals surface area contributed by atoms with Crippen LogP contribution in [0.15, 0.2) is 30.3 Å². The number of ether oxygens (including phenoxy) is 1. The average Bonchev–Trinajstić information content (AvgIpc) is 2.38. The minimum Gasteiger partial charge on any atom is -0.468 e. The average molecular weight is 220 g/mol. The van der Waals surface area contributed by atoms with Crippen molar-refractivity contribution in [3.8, 4) is 5.75 Å². The number of benzene rings is 1. The van der Waals surface area contributed by atoms with Gasteiger partial charge >= 0.3 is 0 Å². The third kappa shape index (κ3) is 2.81. The van der Waals surface area contributed by atoms with E-state index in [1.807, 2.05) is 35.2 Å².